The zero-order chi connectivity index (χ0) is 22.2. The van der Waals surface area contributed by atoms with E-state index in [0.29, 0.717) is 34.2 Å². The van der Waals surface area contributed by atoms with E-state index in [4.69, 9.17) is 25.0 Å². The van der Waals surface area contributed by atoms with E-state index in [0.717, 1.165) is 11.1 Å². The van der Waals surface area contributed by atoms with Gasteiger partial charge in [0, 0.05) is 0 Å². The van der Waals surface area contributed by atoms with Crippen molar-refractivity contribution in [3.8, 4) is 46.4 Å². The highest BCUT2D eigenvalue weighted by molar-refractivity contribution is 5.74. The van der Waals surface area contributed by atoms with Crippen LogP contribution in [-0.4, -0.2) is 15.0 Å². The van der Waals surface area contributed by atoms with Crippen LogP contribution in [0.5, 0.6) is 0 Å². The monoisotopic (exact) mass is 419 g/mol. The van der Waals surface area contributed by atoms with Gasteiger partial charge in [-0.25, -0.2) is 15.0 Å². The summed E-state index contributed by atoms with van der Waals surface area (Å²) >= 11 is 0. The summed E-state index contributed by atoms with van der Waals surface area (Å²) in [5.41, 5.74) is 5.91. The Hall–Kier alpha value is -4.75. The number of pyridine rings is 3. The van der Waals surface area contributed by atoms with Crippen molar-refractivity contribution in [1.82, 2.24) is 15.0 Å². The van der Waals surface area contributed by atoms with Gasteiger partial charge < -0.3 is 9.47 Å². The fourth-order valence-corrected chi connectivity index (χ4v) is 3.21. The first-order chi connectivity index (χ1) is 15.8. The first-order valence-electron chi connectivity index (χ1n) is 9.78. The van der Waals surface area contributed by atoms with E-state index in [1.54, 1.807) is 24.6 Å². The highest BCUT2D eigenvalue weighted by Crippen LogP contribution is 2.29. The van der Waals surface area contributed by atoms with Gasteiger partial charge in [0.05, 0.1) is 34.2 Å². The average molecular weight is 419 g/mol. The SMILES string of the molecule is N#COCc1cccc(-c2cc(-c3ccccc3)cc(-c3cccc(COC#N)n3)n2)n1. The predicted molar refractivity (Wildman–Crippen MR) is 117 cm³/mol. The van der Waals surface area contributed by atoms with Gasteiger partial charge in [0.15, 0.2) is 0 Å². The Labute approximate surface area is 185 Å². The lowest BCUT2D eigenvalue weighted by Crippen LogP contribution is -1.98. The van der Waals surface area contributed by atoms with Crippen LogP contribution in [0.2, 0.25) is 0 Å². The topological polar surface area (TPSA) is 105 Å². The molecule has 0 aliphatic heterocycles. The van der Waals surface area contributed by atoms with Gasteiger partial charge in [-0.05, 0) is 47.5 Å². The van der Waals surface area contributed by atoms with Crippen LogP contribution in [0.1, 0.15) is 11.4 Å². The molecule has 0 unspecified atom stereocenters. The summed E-state index contributed by atoms with van der Waals surface area (Å²) in [4.78, 5) is 14.0. The van der Waals surface area contributed by atoms with E-state index in [2.05, 4.69) is 9.97 Å². The third kappa shape index (κ3) is 4.86. The standard InChI is InChI=1S/C25H17N5O2/c26-16-31-14-20-8-4-10-22(28-20)24-12-19(18-6-2-1-3-7-18)13-25(30-24)23-11-5-9-21(29-23)15-32-17-27/h1-13H,14-15H2. The Balaban J connectivity index is 1.81. The van der Waals surface area contributed by atoms with Crippen LogP contribution >= 0.6 is 0 Å². The summed E-state index contributed by atoms with van der Waals surface area (Å²) in [7, 11) is 0. The predicted octanol–water partition coefficient (Wildman–Crippen LogP) is 4.87. The van der Waals surface area contributed by atoms with Crippen LogP contribution in [0.4, 0.5) is 0 Å². The van der Waals surface area contributed by atoms with Gasteiger partial charge in [-0.15, -0.1) is 0 Å². The summed E-state index contributed by atoms with van der Waals surface area (Å²) in [5.74, 6) is 0. The number of hydrogen-bond donors (Lipinski definition) is 0. The third-order valence-electron chi connectivity index (χ3n) is 4.64. The van der Waals surface area contributed by atoms with Crippen molar-refractivity contribution in [2.75, 3.05) is 0 Å². The highest BCUT2D eigenvalue weighted by Gasteiger charge is 2.12. The Kier molecular flexibility index (Phi) is 6.31. The smallest absolute Gasteiger partial charge is 0.286 e. The lowest BCUT2D eigenvalue weighted by molar-refractivity contribution is 0.253. The van der Waals surface area contributed by atoms with Crippen molar-refractivity contribution < 1.29 is 9.47 Å². The lowest BCUT2D eigenvalue weighted by Gasteiger charge is -2.11. The van der Waals surface area contributed by atoms with Gasteiger partial charge >= 0.3 is 0 Å². The molecule has 0 amide bonds. The summed E-state index contributed by atoms with van der Waals surface area (Å²) in [6, 6.07) is 24.9. The first-order valence-corrected chi connectivity index (χ1v) is 9.78. The molecule has 3 heterocycles. The molecule has 154 valence electrons. The van der Waals surface area contributed by atoms with E-state index in [1.807, 2.05) is 66.7 Å². The molecule has 0 spiro atoms. The minimum atomic E-state index is 0.0953. The van der Waals surface area contributed by atoms with Crippen LogP contribution in [0.15, 0.2) is 78.9 Å². The molecule has 0 bridgehead atoms. The molecule has 3 aromatic heterocycles. The molecule has 0 aliphatic rings. The maximum absolute atomic E-state index is 8.67. The number of nitriles is 2. The van der Waals surface area contributed by atoms with Gasteiger partial charge in [-0.3, -0.25) is 0 Å². The molecular formula is C25H17N5O2. The summed E-state index contributed by atoms with van der Waals surface area (Å²) < 4.78 is 9.64. The molecule has 4 aromatic rings. The zero-order valence-electron chi connectivity index (χ0n) is 17.0. The second-order valence-electron chi connectivity index (χ2n) is 6.78. The molecule has 0 saturated heterocycles. The van der Waals surface area contributed by atoms with E-state index >= 15 is 0 Å². The molecule has 7 heteroatoms. The normalized spacial score (nSPS) is 10.1. The van der Waals surface area contributed by atoms with E-state index in [-0.39, 0.29) is 13.2 Å². The molecule has 1 aromatic carbocycles. The van der Waals surface area contributed by atoms with Crippen molar-refractivity contribution in [2.45, 2.75) is 13.2 Å². The molecule has 0 radical (unpaired) electrons. The van der Waals surface area contributed by atoms with Crippen LogP contribution < -0.4 is 0 Å². The van der Waals surface area contributed by atoms with Crippen molar-refractivity contribution in [3.05, 3.63) is 90.3 Å². The van der Waals surface area contributed by atoms with Crippen LogP contribution in [0.25, 0.3) is 33.9 Å². The van der Waals surface area contributed by atoms with Gasteiger partial charge in [0.25, 0.3) is 12.5 Å². The summed E-state index contributed by atoms with van der Waals surface area (Å²) in [6.07, 6.45) is 3.32. The van der Waals surface area contributed by atoms with Gasteiger partial charge in [-0.2, -0.15) is 10.5 Å². The third-order valence-corrected chi connectivity index (χ3v) is 4.64. The minimum Gasteiger partial charge on any atom is -0.421 e. The van der Waals surface area contributed by atoms with E-state index in [1.165, 1.54) is 0 Å². The number of ether oxygens (including phenoxy) is 2. The van der Waals surface area contributed by atoms with Gasteiger partial charge in [0.2, 0.25) is 0 Å². The van der Waals surface area contributed by atoms with Crippen LogP contribution in [0.3, 0.4) is 0 Å². The fourth-order valence-electron chi connectivity index (χ4n) is 3.21. The number of aromatic nitrogens is 3. The molecule has 0 saturated carbocycles. The van der Waals surface area contributed by atoms with Gasteiger partial charge in [0.1, 0.15) is 13.2 Å². The molecule has 0 fully saturated rings. The molecule has 0 aliphatic carbocycles. The second-order valence-corrected chi connectivity index (χ2v) is 6.78. The van der Waals surface area contributed by atoms with Crippen molar-refractivity contribution >= 4 is 0 Å². The molecule has 32 heavy (non-hydrogen) atoms. The molecule has 0 atom stereocenters. The Bertz CT molecular complexity index is 1230. The largest absolute Gasteiger partial charge is 0.421 e. The minimum absolute atomic E-state index is 0.0953. The second kappa shape index (κ2) is 9.84. The molecule has 7 nitrogen and oxygen atoms in total. The maximum atomic E-state index is 8.67. The molecule has 0 N–H and O–H groups in total. The highest BCUT2D eigenvalue weighted by atomic mass is 16.5. The molecular weight excluding hydrogens is 402 g/mol. The zero-order valence-corrected chi connectivity index (χ0v) is 17.0. The molecule has 4 rings (SSSR count). The van der Waals surface area contributed by atoms with Crippen LogP contribution in [0, 0.1) is 23.0 Å². The average Bonchev–Trinajstić information content (AvgIpc) is 2.87. The van der Waals surface area contributed by atoms with Gasteiger partial charge in [-0.1, -0.05) is 42.5 Å². The Morgan fingerprint density at radius 2 is 1.09 bits per heavy atom. The van der Waals surface area contributed by atoms with Crippen molar-refractivity contribution in [2.24, 2.45) is 0 Å². The maximum Gasteiger partial charge on any atom is 0.286 e. The van der Waals surface area contributed by atoms with E-state index < -0.39 is 0 Å². The lowest BCUT2D eigenvalue weighted by atomic mass is 10.0. The Morgan fingerprint density at radius 3 is 1.59 bits per heavy atom. The van der Waals surface area contributed by atoms with E-state index in [9.17, 15) is 0 Å². The van der Waals surface area contributed by atoms with Crippen molar-refractivity contribution in [1.29, 1.82) is 10.5 Å². The number of nitrogens with zero attached hydrogens (tertiary/aromatic N) is 5. The number of rotatable bonds is 7. The summed E-state index contributed by atoms with van der Waals surface area (Å²) in [6.45, 7) is 0.191. The first kappa shape index (κ1) is 20.5. The number of benzene rings is 1. The fraction of sp³-hybridized carbons (Fsp3) is 0.0800. The summed E-state index contributed by atoms with van der Waals surface area (Å²) in [5, 5.41) is 17.3. The van der Waals surface area contributed by atoms with Crippen LogP contribution in [-0.2, 0) is 22.7 Å². The quantitative estimate of drug-likeness (QED) is 0.394. The van der Waals surface area contributed by atoms with Crippen molar-refractivity contribution in [3.63, 3.8) is 0 Å². The Morgan fingerprint density at radius 1 is 0.562 bits per heavy atom. The number of hydrogen-bond acceptors (Lipinski definition) is 7.